The molecule has 1 atom stereocenters. The van der Waals surface area contributed by atoms with Crippen LogP contribution >= 0.6 is 0 Å². The van der Waals surface area contributed by atoms with E-state index in [1.54, 1.807) is 22.7 Å². The van der Waals surface area contributed by atoms with Gasteiger partial charge >= 0.3 is 0 Å². The third-order valence-corrected chi connectivity index (χ3v) is 5.17. The minimum Gasteiger partial charge on any atom is -0.490 e. The summed E-state index contributed by atoms with van der Waals surface area (Å²) in [5.41, 5.74) is 1.20. The second kappa shape index (κ2) is 7.07. The predicted octanol–water partition coefficient (Wildman–Crippen LogP) is 2.35. The molecule has 0 spiro atoms. The monoisotopic (exact) mass is 356 g/mol. The zero-order chi connectivity index (χ0) is 18.1. The largest absolute Gasteiger partial charge is 0.490 e. The molecule has 0 radical (unpaired) electrons. The molecule has 1 aromatic heterocycles. The van der Waals surface area contributed by atoms with Gasteiger partial charge in [-0.3, -0.25) is 4.79 Å². The van der Waals surface area contributed by atoms with E-state index in [4.69, 9.17) is 4.74 Å². The highest BCUT2D eigenvalue weighted by molar-refractivity contribution is 5.95. The van der Waals surface area contributed by atoms with Crippen molar-refractivity contribution in [2.45, 2.75) is 50.9 Å². The van der Waals surface area contributed by atoms with Crippen molar-refractivity contribution in [2.24, 2.45) is 0 Å². The van der Waals surface area contributed by atoms with E-state index >= 15 is 0 Å². The van der Waals surface area contributed by atoms with Crippen LogP contribution in [0.4, 0.5) is 0 Å². The lowest BCUT2D eigenvalue weighted by molar-refractivity contribution is 0.0497. The summed E-state index contributed by atoms with van der Waals surface area (Å²) in [6.45, 7) is 2.84. The van der Waals surface area contributed by atoms with Gasteiger partial charge in [0.15, 0.2) is 0 Å². The van der Waals surface area contributed by atoms with Crippen LogP contribution in [0.1, 0.15) is 60.8 Å². The lowest BCUT2D eigenvalue weighted by Crippen LogP contribution is -2.50. The number of ether oxygens (including phenoxy) is 1. The van der Waals surface area contributed by atoms with E-state index in [-0.39, 0.29) is 18.1 Å². The SMILES string of the molecule is CC(O)c1cn(C2CN(C(=O)c3cccc(OC4CCCC4)c3)C2)nn1. The summed E-state index contributed by atoms with van der Waals surface area (Å²) in [6.07, 6.45) is 6.02. The molecule has 4 rings (SSSR count). The van der Waals surface area contributed by atoms with Crippen molar-refractivity contribution < 1.29 is 14.6 Å². The molecular formula is C19H24N4O3. The van der Waals surface area contributed by atoms with E-state index < -0.39 is 6.10 Å². The number of aliphatic hydroxyl groups is 1. The van der Waals surface area contributed by atoms with Gasteiger partial charge in [-0.2, -0.15) is 0 Å². The molecule has 7 nitrogen and oxygen atoms in total. The fraction of sp³-hybridized carbons (Fsp3) is 0.526. The van der Waals surface area contributed by atoms with Crippen molar-refractivity contribution in [2.75, 3.05) is 13.1 Å². The molecule has 1 amide bonds. The van der Waals surface area contributed by atoms with E-state index in [1.807, 2.05) is 24.3 Å². The standard InChI is InChI=1S/C19H24N4O3/c1-13(24)18-12-23(21-20-18)15-10-22(11-15)19(25)14-5-4-8-17(9-14)26-16-6-2-3-7-16/h4-5,8-9,12-13,15-16,24H,2-3,6-7,10-11H2,1H3. The Balaban J connectivity index is 1.36. The van der Waals surface area contributed by atoms with Crippen LogP contribution in [-0.2, 0) is 0 Å². The molecule has 26 heavy (non-hydrogen) atoms. The van der Waals surface area contributed by atoms with Gasteiger partial charge in [0.25, 0.3) is 5.91 Å². The molecule has 2 heterocycles. The summed E-state index contributed by atoms with van der Waals surface area (Å²) in [6, 6.07) is 7.58. The first-order valence-corrected chi connectivity index (χ1v) is 9.26. The fourth-order valence-corrected chi connectivity index (χ4v) is 3.53. The maximum Gasteiger partial charge on any atom is 0.254 e. The maximum atomic E-state index is 12.7. The zero-order valence-corrected chi connectivity index (χ0v) is 14.9. The van der Waals surface area contributed by atoms with Gasteiger partial charge < -0.3 is 14.7 Å². The molecule has 7 heteroatoms. The van der Waals surface area contributed by atoms with Gasteiger partial charge in [-0.05, 0) is 50.8 Å². The third kappa shape index (κ3) is 3.44. The Bertz CT molecular complexity index is 777. The van der Waals surface area contributed by atoms with Gasteiger partial charge in [0.2, 0.25) is 0 Å². The normalized spacial score (nSPS) is 19.4. The zero-order valence-electron chi connectivity index (χ0n) is 14.9. The fourth-order valence-electron chi connectivity index (χ4n) is 3.53. The van der Waals surface area contributed by atoms with Crippen molar-refractivity contribution in [1.29, 1.82) is 0 Å². The topological polar surface area (TPSA) is 80.5 Å². The van der Waals surface area contributed by atoms with Crippen LogP contribution in [0, 0.1) is 0 Å². The summed E-state index contributed by atoms with van der Waals surface area (Å²) in [5.74, 6) is 0.784. The number of carbonyl (C=O) groups is 1. The van der Waals surface area contributed by atoms with E-state index in [0.717, 1.165) is 18.6 Å². The van der Waals surface area contributed by atoms with Gasteiger partial charge in [-0.15, -0.1) is 5.10 Å². The average Bonchev–Trinajstić information content (AvgIpc) is 3.25. The minimum absolute atomic E-state index is 0.00832. The second-order valence-electron chi connectivity index (χ2n) is 7.22. The van der Waals surface area contributed by atoms with Crippen LogP contribution in [0.25, 0.3) is 0 Å². The highest BCUT2D eigenvalue weighted by atomic mass is 16.5. The molecule has 2 aromatic rings. The average molecular weight is 356 g/mol. The molecule has 2 fully saturated rings. The molecule has 1 aromatic carbocycles. The maximum absolute atomic E-state index is 12.7. The number of aliphatic hydroxyl groups excluding tert-OH is 1. The van der Waals surface area contributed by atoms with Crippen molar-refractivity contribution in [3.05, 3.63) is 41.7 Å². The predicted molar refractivity (Wildman–Crippen MR) is 94.9 cm³/mol. The van der Waals surface area contributed by atoms with Crippen LogP contribution in [0.5, 0.6) is 5.75 Å². The first kappa shape index (κ1) is 17.0. The first-order chi connectivity index (χ1) is 12.6. The first-order valence-electron chi connectivity index (χ1n) is 9.26. The van der Waals surface area contributed by atoms with Gasteiger partial charge in [0, 0.05) is 18.7 Å². The molecule has 1 N–H and O–H groups in total. The minimum atomic E-state index is -0.635. The lowest BCUT2D eigenvalue weighted by Gasteiger charge is -2.38. The third-order valence-electron chi connectivity index (χ3n) is 5.17. The van der Waals surface area contributed by atoms with E-state index in [2.05, 4.69) is 10.3 Å². The Hall–Kier alpha value is -2.41. The Morgan fingerprint density at radius 1 is 1.31 bits per heavy atom. The number of carbonyl (C=O) groups excluding carboxylic acids is 1. The number of amides is 1. The Morgan fingerprint density at radius 2 is 2.08 bits per heavy atom. The van der Waals surface area contributed by atoms with Crippen LogP contribution in [0.2, 0.25) is 0 Å². The molecule has 0 bridgehead atoms. The molecule has 1 aliphatic carbocycles. The summed E-state index contributed by atoms with van der Waals surface area (Å²) in [4.78, 5) is 14.5. The summed E-state index contributed by atoms with van der Waals surface area (Å²) >= 11 is 0. The Morgan fingerprint density at radius 3 is 2.77 bits per heavy atom. The highest BCUT2D eigenvalue weighted by Gasteiger charge is 2.33. The summed E-state index contributed by atoms with van der Waals surface area (Å²) in [5, 5.41) is 17.5. The second-order valence-corrected chi connectivity index (χ2v) is 7.22. The summed E-state index contributed by atoms with van der Waals surface area (Å²) < 4.78 is 7.72. The van der Waals surface area contributed by atoms with Crippen LogP contribution in [0.3, 0.4) is 0 Å². The van der Waals surface area contributed by atoms with E-state index in [0.29, 0.717) is 24.3 Å². The van der Waals surface area contributed by atoms with Gasteiger partial charge in [0.1, 0.15) is 11.4 Å². The van der Waals surface area contributed by atoms with E-state index in [1.165, 1.54) is 12.8 Å². The van der Waals surface area contributed by atoms with Crippen LogP contribution in [-0.4, -0.2) is 50.1 Å². The highest BCUT2D eigenvalue weighted by Crippen LogP contribution is 2.27. The van der Waals surface area contributed by atoms with Gasteiger partial charge in [-0.1, -0.05) is 11.3 Å². The lowest BCUT2D eigenvalue weighted by atomic mass is 10.1. The number of rotatable bonds is 5. The molecule has 1 saturated heterocycles. The number of nitrogens with zero attached hydrogens (tertiary/aromatic N) is 4. The molecule has 2 aliphatic rings. The van der Waals surface area contributed by atoms with E-state index in [9.17, 15) is 9.90 Å². The molecular weight excluding hydrogens is 332 g/mol. The number of hydrogen-bond donors (Lipinski definition) is 1. The van der Waals surface area contributed by atoms with Gasteiger partial charge in [-0.25, -0.2) is 4.68 Å². The molecule has 138 valence electrons. The van der Waals surface area contributed by atoms with Crippen LogP contribution < -0.4 is 4.74 Å². The quantitative estimate of drug-likeness (QED) is 0.889. The number of hydrogen-bond acceptors (Lipinski definition) is 5. The smallest absolute Gasteiger partial charge is 0.254 e. The molecule has 1 saturated carbocycles. The Labute approximate surface area is 152 Å². The van der Waals surface area contributed by atoms with Crippen molar-refractivity contribution in [3.63, 3.8) is 0 Å². The molecule has 1 aliphatic heterocycles. The number of aromatic nitrogens is 3. The number of benzene rings is 1. The van der Waals surface area contributed by atoms with Gasteiger partial charge in [0.05, 0.1) is 24.4 Å². The summed E-state index contributed by atoms with van der Waals surface area (Å²) in [7, 11) is 0. The van der Waals surface area contributed by atoms with Crippen molar-refractivity contribution >= 4 is 5.91 Å². The number of likely N-dealkylation sites (tertiary alicyclic amines) is 1. The van der Waals surface area contributed by atoms with Crippen molar-refractivity contribution in [3.8, 4) is 5.75 Å². The molecule has 1 unspecified atom stereocenters. The van der Waals surface area contributed by atoms with Crippen molar-refractivity contribution in [1.82, 2.24) is 19.9 Å². The Kier molecular flexibility index (Phi) is 4.63. The van der Waals surface area contributed by atoms with Crippen LogP contribution in [0.15, 0.2) is 30.5 Å².